The van der Waals surface area contributed by atoms with Crippen LogP contribution in [0.2, 0.25) is 0 Å². The van der Waals surface area contributed by atoms with E-state index >= 15 is 0 Å². The van der Waals surface area contributed by atoms with E-state index in [0.29, 0.717) is 19.6 Å². The van der Waals surface area contributed by atoms with Gasteiger partial charge in [0.25, 0.3) is 0 Å². The number of carbonyl (C=O) groups is 2. The Hall–Kier alpha value is -1.71. The molecule has 0 aromatic rings. The molecule has 0 saturated carbocycles. The highest BCUT2D eigenvalue weighted by Crippen LogP contribution is 1.85. The summed E-state index contributed by atoms with van der Waals surface area (Å²) in [4.78, 5) is 24.5. The Kier molecular flexibility index (Phi) is 20.8. The minimum absolute atomic E-state index is 0.0716. The lowest BCUT2D eigenvalue weighted by atomic mass is 10.4. The molecular formula is C16H35N5O4. The summed E-state index contributed by atoms with van der Waals surface area (Å²) in [6, 6.07) is 0. The van der Waals surface area contributed by atoms with Crippen LogP contribution in [0, 0.1) is 5.41 Å². The van der Waals surface area contributed by atoms with Crippen LogP contribution in [0.3, 0.4) is 0 Å². The zero-order valence-corrected chi connectivity index (χ0v) is 15.9. The van der Waals surface area contributed by atoms with Gasteiger partial charge in [0.15, 0.2) is 0 Å². The van der Waals surface area contributed by atoms with Gasteiger partial charge in [-0.05, 0) is 26.7 Å². The molecule has 4 N–H and O–H groups in total. The molecule has 0 radical (unpaired) electrons. The molecule has 9 nitrogen and oxygen atoms in total. The minimum atomic E-state index is -0.447. The molecular weight excluding hydrogens is 326 g/mol. The van der Waals surface area contributed by atoms with Crippen molar-refractivity contribution in [3.8, 4) is 0 Å². The molecule has 0 aromatic carbocycles. The highest BCUT2D eigenvalue weighted by atomic mass is 16.6. The Balaban J connectivity index is 0. The van der Waals surface area contributed by atoms with Crippen LogP contribution in [0.5, 0.6) is 0 Å². The van der Waals surface area contributed by atoms with E-state index < -0.39 is 6.09 Å². The lowest BCUT2D eigenvalue weighted by Gasteiger charge is -2.17. The van der Waals surface area contributed by atoms with Crippen LogP contribution in [0.4, 0.5) is 4.79 Å². The fourth-order valence-corrected chi connectivity index (χ4v) is 1.67. The molecule has 0 fully saturated rings. The molecule has 0 bridgehead atoms. The fraction of sp³-hybridized carbons (Fsp3) is 0.812. The molecule has 0 unspecified atom stereocenters. The Bertz CT molecular complexity index is 332. The summed E-state index contributed by atoms with van der Waals surface area (Å²) in [6.07, 6.45) is 0.992. The topological polar surface area (TPSA) is 116 Å². The van der Waals surface area contributed by atoms with Crippen LogP contribution >= 0.6 is 0 Å². The Morgan fingerprint density at radius 3 is 2.40 bits per heavy atom. The molecule has 0 heterocycles. The van der Waals surface area contributed by atoms with Gasteiger partial charge in [0.05, 0.1) is 13.2 Å². The molecule has 2 amide bonds. The quantitative estimate of drug-likeness (QED) is 0.257. The van der Waals surface area contributed by atoms with E-state index in [4.69, 9.17) is 14.9 Å². The van der Waals surface area contributed by atoms with Crippen molar-refractivity contribution in [3.63, 3.8) is 0 Å². The van der Waals surface area contributed by atoms with E-state index in [1.54, 1.807) is 7.05 Å². The Labute approximate surface area is 151 Å². The van der Waals surface area contributed by atoms with E-state index in [9.17, 15) is 9.59 Å². The summed E-state index contributed by atoms with van der Waals surface area (Å²) in [5, 5.41) is 14.0. The molecule has 25 heavy (non-hydrogen) atoms. The number of alkyl carbamates (subject to hydrolysis) is 1. The van der Waals surface area contributed by atoms with Gasteiger partial charge < -0.3 is 35.7 Å². The van der Waals surface area contributed by atoms with Crippen molar-refractivity contribution in [1.82, 2.24) is 20.9 Å². The number of amides is 2. The average Bonchev–Trinajstić information content (AvgIpc) is 2.63. The fourth-order valence-electron chi connectivity index (χ4n) is 1.67. The van der Waals surface area contributed by atoms with Crippen molar-refractivity contribution in [1.29, 1.82) is 5.41 Å². The largest absolute Gasteiger partial charge is 0.447 e. The lowest BCUT2D eigenvalue weighted by molar-refractivity contribution is -0.121. The smallest absolute Gasteiger partial charge is 0.407 e. The zero-order chi connectivity index (χ0) is 19.3. The molecule has 0 aliphatic rings. The van der Waals surface area contributed by atoms with Gasteiger partial charge in [-0.2, -0.15) is 0 Å². The monoisotopic (exact) mass is 361 g/mol. The Morgan fingerprint density at radius 1 is 1.08 bits per heavy atom. The zero-order valence-electron chi connectivity index (χ0n) is 15.9. The summed E-state index contributed by atoms with van der Waals surface area (Å²) in [7, 11) is 3.59. The number of likely N-dealkylation sites (N-methyl/N-ethyl adjacent to an activating group) is 1. The van der Waals surface area contributed by atoms with Crippen LogP contribution in [-0.4, -0.2) is 90.3 Å². The number of carbonyl (C=O) groups excluding carboxylic acids is 2. The number of nitrogens with zero attached hydrogens (tertiary/aromatic N) is 1. The number of ether oxygens (including phenoxy) is 2. The molecule has 9 heteroatoms. The summed E-state index contributed by atoms with van der Waals surface area (Å²) in [5.41, 5.74) is 0. The first kappa shape index (κ1) is 25.5. The Morgan fingerprint density at radius 2 is 1.76 bits per heavy atom. The lowest BCUT2D eigenvalue weighted by Crippen LogP contribution is -2.36. The molecule has 0 rings (SSSR count). The van der Waals surface area contributed by atoms with Gasteiger partial charge in [0.2, 0.25) is 5.91 Å². The predicted octanol–water partition coefficient (Wildman–Crippen LogP) is 0.0625. The van der Waals surface area contributed by atoms with E-state index in [2.05, 4.69) is 34.5 Å². The molecule has 0 aliphatic carbocycles. The first-order valence-corrected chi connectivity index (χ1v) is 8.53. The maximum Gasteiger partial charge on any atom is 0.407 e. The first-order valence-electron chi connectivity index (χ1n) is 8.53. The second-order valence-corrected chi connectivity index (χ2v) is 5.15. The third-order valence-electron chi connectivity index (χ3n) is 3.07. The molecule has 0 atom stereocenters. The first-order chi connectivity index (χ1) is 12.1. The van der Waals surface area contributed by atoms with Crippen molar-refractivity contribution in [2.45, 2.75) is 19.8 Å². The third kappa shape index (κ3) is 20.2. The molecule has 0 saturated heterocycles. The van der Waals surface area contributed by atoms with Gasteiger partial charge in [-0.15, -0.1) is 0 Å². The summed E-state index contributed by atoms with van der Waals surface area (Å²) in [6.45, 7) is 9.65. The maximum atomic E-state index is 11.4. The van der Waals surface area contributed by atoms with E-state index in [1.165, 1.54) is 0 Å². The van der Waals surface area contributed by atoms with Crippen molar-refractivity contribution < 1.29 is 19.1 Å². The molecule has 0 aromatic heterocycles. The van der Waals surface area contributed by atoms with E-state index in [-0.39, 0.29) is 19.1 Å². The number of hydrogen-bond donors (Lipinski definition) is 4. The summed E-state index contributed by atoms with van der Waals surface area (Å²) < 4.78 is 10.1. The number of nitrogens with one attached hydrogen (secondary N) is 4. The average molecular weight is 361 g/mol. The van der Waals surface area contributed by atoms with Gasteiger partial charge in [-0.3, -0.25) is 4.79 Å². The summed E-state index contributed by atoms with van der Waals surface area (Å²) >= 11 is 0. The highest BCUT2D eigenvalue weighted by molar-refractivity contribution is 5.75. The van der Waals surface area contributed by atoms with Crippen LogP contribution in [0.15, 0.2) is 0 Å². The standard InChI is InChI=1S/C15H32N4O4.CH3N/c1-4-6-17-7-9-19(3)10-8-18-15(21)23-13-12-22-11-5-14(20)16-2;1-2/h17H,4-13H2,1-3H3,(H,16,20)(H,18,21);2H,1H2. The SMILES string of the molecule is C=N.CCCNCCN(C)CCNC(=O)OCCOCCC(=O)NC. The van der Waals surface area contributed by atoms with Gasteiger partial charge >= 0.3 is 6.09 Å². The maximum absolute atomic E-state index is 11.4. The van der Waals surface area contributed by atoms with Crippen LogP contribution < -0.4 is 16.0 Å². The number of hydrogen-bond acceptors (Lipinski definition) is 7. The van der Waals surface area contributed by atoms with Gasteiger partial charge in [-0.25, -0.2) is 4.79 Å². The van der Waals surface area contributed by atoms with E-state index in [1.807, 2.05) is 7.05 Å². The molecule has 0 aliphatic heterocycles. The van der Waals surface area contributed by atoms with Crippen molar-refractivity contribution >= 4 is 18.7 Å². The van der Waals surface area contributed by atoms with Crippen molar-refractivity contribution in [2.75, 3.05) is 66.6 Å². The third-order valence-corrected chi connectivity index (χ3v) is 3.07. The van der Waals surface area contributed by atoms with Crippen molar-refractivity contribution in [3.05, 3.63) is 0 Å². The van der Waals surface area contributed by atoms with E-state index in [0.717, 1.165) is 32.6 Å². The second kappa shape index (κ2) is 20.3. The highest BCUT2D eigenvalue weighted by Gasteiger charge is 2.03. The molecule has 0 spiro atoms. The minimum Gasteiger partial charge on any atom is -0.447 e. The van der Waals surface area contributed by atoms with Gasteiger partial charge in [0, 0.05) is 39.6 Å². The van der Waals surface area contributed by atoms with Gasteiger partial charge in [-0.1, -0.05) is 6.92 Å². The normalized spacial score (nSPS) is 9.92. The molecule has 148 valence electrons. The second-order valence-electron chi connectivity index (χ2n) is 5.15. The van der Waals surface area contributed by atoms with Crippen LogP contribution in [-0.2, 0) is 14.3 Å². The predicted molar refractivity (Wildman–Crippen MR) is 99.4 cm³/mol. The summed E-state index contributed by atoms with van der Waals surface area (Å²) in [5.74, 6) is -0.0716. The van der Waals surface area contributed by atoms with Crippen molar-refractivity contribution in [2.24, 2.45) is 0 Å². The number of rotatable bonds is 14. The van der Waals surface area contributed by atoms with Gasteiger partial charge in [0.1, 0.15) is 6.61 Å². The van der Waals surface area contributed by atoms with Crippen LogP contribution in [0.25, 0.3) is 0 Å². The van der Waals surface area contributed by atoms with Crippen LogP contribution in [0.1, 0.15) is 19.8 Å².